The zero-order chi connectivity index (χ0) is 7.56. The van der Waals surface area contributed by atoms with E-state index >= 15 is 0 Å². The van der Waals surface area contributed by atoms with Gasteiger partial charge in [-0.05, 0) is 12.6 Å². The number of thiocarbonyl (C=S) groups is 1. The van der Waals surface area contributed by atoms with Crippen LogP contribution < -0.4 is 5.73 Å². The quantitative estimate of drug-likeness (QED) is 0.571. The topological polar surface area (TPSA) is 29.3 Å². The van der Waals surface area contributed by atoms with Crippen molar-refractivity contribution in [1.82, 2.24) is 4.90 Å². The lowest BCUT2D eigenvalue weighted by atomic mass is 10.1. The molecule has 2 N–H and O–H groups in total. The van der Waals surface area contributed by atoms with Crippen LogP contribution in [0.15, 0.2) is 24.0 Å². The molecule has 0 spiro atoms. The second-order valence-electron chi connectivity index (χ2n) is 2.27. The van der Waals surface area contributed by atoms with Crippen LogP contribution in [0.2, 0.25) is 0 Å². The SMILES string of the molecule is CN1C=CCC(C(N)=S)=C1. The Morgan fingerprint density at radius 2 is 2.50 bits per heavy atom. The molecule has 0 fully saturated rings. The number of hydrogen-bond donors (Lipinski definition) is 1. The largest absolute Gasteiger partial charge is 0.390 e. The Morgan fingerprint density at radius 3 is 2.90 bits per heavy atom. The van der Waals surface area contributed by atoms with Crippen molar-refractivity contribution in [3.05, 3.63) is 24.0 Å². The van der Waals surface area contributed by atoms with E-state index in [1.807, 2.05) is 30.4 Å². The summed E-state index contributed by atoms with van der Waals surface area (Å²) in [5.74, 6) is 0. The fourth-order valence-electron chi connectivity index (χ4n) is 0.852. The molecule has 0 unspecified atom stereocenters. The van der Waals surface area contributed by atoms with E-state index in [4.69, 9.17) is 18.0 Å². The third kappa shape index (κ3) is 1.57. The van der Waals surface area contributed by atoms with Crippen molar-refractivity contribution in [3.63, 3.8) is 0 Å². The van der Waals surface area contributed by atoms with Gasteiger partial charge in [-0.3, -0.25) is 0 Å². The predicted molar refractivity (Wildman–Crippen MR) is 46.4 cm³/mol. The monoisotopic (exact) mass is 154 g/mol. The van der Waals surface area contributed by atoms with E-state index in [-0.39, 0.29) is 0 Å². The fourth-order valence-corrected chi connectivity index (χ4v) is 0.988. The van der Waals surface area contributed by atoms with Gasteiger partial charge in [-0.25, -0.2) is 0 Å². The highest BCUT2D eigenvalue weighted by atomic mass is 32.1. The van der Waals surface area contributed by atoms with Crippen LogP contribution in [0.1, 0.15) is 6.42 Å². The second-order valence-corrected chi connectivity index (χ2v) is 2.71. The summed E-state index contributed by atoms with van der Waals surface area (Å²) in [4.78, 5) is 2.44. The van der Waals surface area contributed by atoms with Gasteiger partial charge < -0.3 is 10.6 Å². The van der Waals surface area contributed by atoms with Gasteiger partial charge in [-0.15, -0.1) is 0 Å². The van der Waals surface area contributed by atoms with Crippen LogP contribution in [0.4, 0.5) is 0 Å². The molecule has 54 valence electrons. The molecule has 0 aromatic carbocycles. The lowest BCUT2D eigenvalue weighted by Crippen LogP contribution is -2.16. The summed E-state index contributed by atoms with van der Waals surface area (Å²) in [6.07, 6.45) is 6.83. The summed E-state index contributed by atoms with van der Waals surface area (Å²) in [7, 11) is 1.95. The third-order valence-corrected chi connectivity index (χ3v) is 1.62. The molecular weight excluding hydrogens is 144 g/mol. The number of allylic oxidation sites excluding steroid dienone is 1. The van der Waals surface area contributed by atoms with E-state index < -0.39 is 0 Å². The second kappa shape index (κ2) is 2.84. The molecule has 0 saturated heterocycles. The lowest BCUT2D eigenvalue weighted by Gasteiger charge is -2.15. The molecule has 10 heavy (non-hydrogen) atoms. The van der Waals surface area contributed by atoms with Crippen LogP contribution >= 0.6 is 12.2 Å². The van der Waals surface area contributed by atoms with Crippen LogP contribution in [0, 0.1) is 0 Å². The van der Waals surface area contributed by atoms with Gasteiger partial charge in [-0.2, -0.15) is 0 Å². The lowest BCUT2D eigenvalue weighted by molar-refractivity contribution is 0.608. The van der Waals surface area contributed by atoms with Crippen LogP contribution in [0.5, 0.6) is 0 Å². The zero-order valence-corrected chi connectivity index (χ0v) is 6.69. The molecule has 1 heterocycles. The van der Waals surface area contributed by atoms with Crippen molar-refractivity contribution >= 4 is 17.2 Å². The molecule has 3 heteroatoms. The average Bonchev–Trinajstić information content (AvgIpc) is 1.88. The van der Waals surface area contributed by atoms with Gasteiger partial charge in [0, 0.05) is 18.8 Å². The van der Waals surface area contributed by atoms with E-state index in [2.05, 4.69) is 0 Å². The molecule has 1 rings (SSSR count). The first-order valence-electron chi connectivity index (χ1n) is 3.09. The fraction of sp³-hybridized carbons (Fsp3) is 0.286. The smallest absolute Gasteiger partial charge is 0.101 e. The van der Waals surface area contributed by atoms with E-state index in [1.165, 1.54) is 0 Å². The third-order valence-electron chi connectivity index (χ3n) is 1.35. The van der Waals surface area contributed by atoms with E-state index in [0.717, 1.165) is 12.0 Å². The number of rotatable bonds is 1. The number of hydrogen-bond acceptors (Lipinski definition) is 2. The first-order valence-corrected chi connectivity index (χ1v) is 3.50. The summed E-state index contributed by atoms with van der Waals surface area (Å²) in [6.45, 7) is 0. The van der Waals surface area contributed by atoms with Gasteiger partial charge in [0.05, 0.1) is 0 Å². The van der Waals surface area contributed by atoms with Crippen LogP contribution in [0.3, 0.4) is 0 Å². The van der Waals surface area contributed by atoms with E-state index in [1.54, 1.807) is 0 Å². The van der Waals surface area contributed by atoms with E-state index in [9.17, 15) is 0 Å². The highest BCUT2D eigenvalue weighted by Crippen LogP contribution is 2.09. The minimum absolute atomic E-state index is 0.496. The molecule has 0 aliphatic carbocycles. The summed E-state index contributed by atoms with van der Waals surface area (Å²) in [5.41, 5.74) is 6.46. The maximum atomic E-state index is 5.43. The van der Waals surface area contributed by atoms with Gasteiger partial charge in [0.1, 0.15) is 4.99 Å². The molecule has 0 atom stereocenters. The average molecular weight is 154 g/mol. The zero-order valence-electron chi connectivity index (χ0n) is 5.87. The highest BCUT2D eigenvalue weighted by Gasteiger charge is 2.02. The first kappa shape index (κ1) is 7.28. The van der Waals surface area contributed by atoms with Crippen molar-refractivity contribution < 1.29 is 0 Å². The van der Waals surface area contributed by atoms with Crippen LogP contribution in [-0.2, 0) is 0 Å². The van der Waals surface area contributed by atoms with Crippen molar-refractivity contribution in [2.45, 2.75) is 6.42 Å². The van der Waals surface area contributed by atoms with Crippen molar-refractivity contribution in [1.29, 1.82) is 0 Å². The maximum absolute atomic E-state index is 5.43. The maximum Gasteiger partial charge on any atom is 0.101 e. The van der Waals surface area contributed by atoms with Gasteiger partial charge in [-0.1, -0.05) is 18.3 Å². The predicted octanol–water partition coefficient (Wildman–Crippen LogP) is 1.01. The Bertz CT molecular complexity index is 206. The number of nitrogens with zero attached hydrogens (tertiary/aromatic N) is 1. The van der Waals surface area contributed by atoms with Crippen LogP contribution in [-0.4, -0.2) is 16.9 Å². The van der Waals surface area contributed by atoms with Crippen molar-refractivity contribution in [3.8, 4) is 0 Å². The summed E-state index contributed by atoms with van der Waals surface area (Å²) in [5, 5.41) is 0. The Labute approximate surface area is 66.0 Å². The minimum atomic E-state index is 0.496. The number of nitrogens with two attached hydrogens (primary N) is 1. The molecule has 0 radical (unpaired) electrons. The standard InChI is InChI=1S/C7H10N2S/c1-9-4-2-3-6(5-9)7(8)10/h2,4-5H,3H2,1H3,(H2,8,10). The van der Waals surface area contributed by atoms with Crippen LogP contribution in [0.25, 0.3) is 0 Å². The van der Waals surface area contributed by atoms with Crippen molar-refractivity contribution in [2.24, 2.45) is 5.73 Å². The Kier molecular flexibility index (Phi) is 2.06. The van der Waals surface area contributed by atoms with Gasteiger partial charge >= 0.3 is 0 Å². The Morgan fingerprint density at radius 1 is 1.80 bits per heavy atom. The minimum Gasteiger partial charge on any atom is -0.390 e. The normalized spacial score (nSPS) is 16.9. The summed E-state index contributed by atoms with van der Waals surface area (Å²) < 4.78 is 0. The summed E-state index contributed by atoms with van der Waals surface area (Å²) in [6, 6.07) is 0. The summed E-state index contributed by atoms with van der Waals surface area (Å²) >= 11 is 4.82. The first-order chi connectivity index (χ1) is 4.70. The van der Waals surface area contributed by atoms with Gasteiger partial charge in [0.2, 0.25) is 0 Å². The molecule has 1 aliphatic rings. The van der Waals surface area contributed by atoms with Crippen molar-refractivity contribution in [2.75, 3.05) is 7.05 Å². The molecule has 0 aromatic heterocycles. The highest BCUT2D eigenvalue weighted by molar-refractivity contribution is 7.80. The Hall–Kier alpha value is -0.830. The van der Waals surface area contributed by atoms with E-state index in [0.29, 0.717) is 4.99 Å². The molecule has 1 aliphatic heterocycles. The molecular formula is C7H10N2S. The molecule has 0 bridgehead atoms. The van der Waals surface area contributed by atoms with Gasteiger partial charge in [0.15, 0.2) is 0 Å². The molecule has 0 amide bonds. The molecule has 2 nitrogen and oxygen atoms in total. The Balaban J connectivity index is 2.71. The van der Waals surface area contributed by atoms with Gasteiger partial charge in [0.25, 0.3) is 0 Å². The molecule has 0 saturated carbocycles. The molecule has 0 aromatic rings.